The molecule has 2 saturated heterocycles. The van der Waals surface area contributed by atoms with Gasteiger partial charge in [-0.2, -0.15) is 15.0 Å². The van der Waals surface area contributed by atoms with E-state index in [-0.39, 0.29) is 22.4 Å². The first kappa shape index (κ1) is 11.5. The van der Waals surface area contributed by atoms with Crippen molar-refractivity contribution in [1.29, 1.82) is 0 Å². The fraction of sp³-hybridized carbons (Fsp3) is 0.600. The number of aromatic nitrogens is 3. The minimum atomic E-state index is -0.929. The highest BCUT2D eigenvalue weighted by molar-refractivity contribution is 8.01. The lowest BCUT2D eigenvalue weighted by molar-refractivity contribution is -0.163. The number of fused-ring (bicyclic) bond motifs is 1. The van der Waals surface area contributed by atoms with E-state index < -0.39 is 12.0 Å². The van der Waals surface area contributed by atoms with Gasteiger partial charge in [0.15, 0.2) is 0 Å². The molecule has 7 nitrogen and oxygen atoms in total. The number of carboxylic acids is 1. The van der Waals surface area contributed by atoms with E-state index in [0.29, 0.717) is 6.54 Å². The lowest BCUT2D eigenvalue weighted by Crippen LogP contribution is -2.62. The molecule has 0 aliphatic carbocycles. The smallest absolute Gasteiger partial charge is 0.327 e. The van der Waals surface area contributed by atoms with Crippen LogP contribution in [0.25, 0.3) is 0 Å². The third kappa shape index (κ3) is 1.52. The van der Waals surface area contributed by atoms with E-state index in [4.69, 9.17) is 5.11 Å². The quantitative estimate of drug-likeness (QED) is 0.754. The Kier molecular flexibility index (Phi) is 2.54. The highest BCUT2D eigenvalue weighted by atomic mass is 32.2. The molecule has 1 amide bonds. The second kappa shape index (κ2) is 3.98. The number of rotatable bonds is 3. The summed E-state index contributed by atoms with van der Waals surface area (Å²) in [5.74, 6) is -1.25. The van der Waals surface area contributed by atoms with Gasteiger partial charge in [-0.25, -0.2) is 4.79 Å². The van der Waals surface area contributed by atoms with Gasteiger partial charge in [0.2, 0.25) is 5.91 Å². The highest BCUT2D eigenvalue weighted by Crippen LogP contribution is 2.47. The van der Waals surface area contributed by atoms with Crippen LogP contribution in [0.5, 0.6) is 0 Å². The number of β-lactam (4-membered cyclic amide) rings is 1. The summed E-state index contributed by atoms with van der Waals surface area (Å²) in [5, 5.41) is 16.9. The average molecular weight is 268 g/mol. The van der Waals surface area contributed by atoms with Gasteiger partial charge < -0.3 is 10.0 Å². The number of carbonyl (C=O) groups excluding carboxylic acids is 1. The normalized spacial score (nSPS) is 34.3. The molecule has 3 unspecified atom stereocenters. The fourth-order valence-electron chi connectivity index (χ4n) is 2.53. The molecule has 2 fully saturated rings. The molecule has 1 aromatic heterocycles. The van der Waals surface area contributed by atoms with Crippen molar-refractivity contribution < 1.29 is 14.7 Å². The lowest BCUT2D eigenvalue weighted by atomic mass is 9.95. The van der Waals surface area contributed by atoms with Gasteiger partial charge in [-0.05, 0) is 0 Å². The van der Waals surface area contributed by atoms with Crippen LogP contribution in [0.3, 0.4) is 0 Å². The van der Waals surface area contributed by atoms with Crippen molar-refractivity contribution in [1.82, 2.24) is 19.9 Å². The predicted octanol–water partition coefficient (Wildman–Crippen LogP) is -0.349. The van der Waals surface area contributed by atoms with Crippen LogP contribution in [-0.4, -0.2) is 53.5 Å². The van der Waals surface area contributed by atoms with Gasteiger partial charge in [0.05, 0.1) is 30.2 Å². The number of hydrogen-bond donors (Lipinski definition) is 1. The maximum Gasteiger partial charge on any atom is 0.327 e. The second-order valence-corrected chi connectivity index (χ2v) is 5.95. The van der Waals surface area contributed by atoms with E-state index in [9.17, 15) is 9.59 Å². The maximum atomic E-state index is 12.0. The molecule has 2 aliphatic heterocycles. The van der Waals surface area contributed by atoms with Gasteiger partial charge in [-0.1, -0.05) is 6.92 Å². The molecule has 0 spiro atoms. The Morgan fingerprint density at radius 1 is 1.50 bits per heavy atom. The van der Waals surface area contributed by atoms with Crippen molar-refractivity contribution >= 4 is 23.6 Å². The molecule has 96 valence electrons. The van der Waals surface area contributed by atoms with Crippen LogP contribution in [-0.2, 0) is 16.1 Å². The zero-order valence-corrected chi connectivity index (χ0v) is 10.4. The zero-order valence-electron chi connectivity index (χ0n) is 9.63. The summed E-state index contributed by atoms with van der Waals surface area (Å²) in [5.41, 5.74) is 0. The van der Waals surface area contributed by atoms with Crippen LogP contribution >= 0.6 is 11.8 Å². The fourth-order valence-corrected chi connectivity index (χ4v) is 4.12. The Balaban J connectivity index is 1.76. The second-order valence-electron chi connectivity index (χ2n) is 4.45. The third-order valence-corrected chi connectivity index (χ3v) is 4.89. The number of carboxylic acid groups (broad SMARTS) is 1. The van der Waals surface area contributed by atoms with Crippen molar-refractivity contribution in [2.24, 2.45) is 5.92 Å². The highest BCUT2D eigenvalue weighted by Gasteiger charge is 2.59. The number of aliphatic carboxylic acids is 1. The summed E-state index contributed by atoms with van der Waals surface area (Å²) in [6.07, 6.45) is 3.12. The summed E-state index contributed by atoms with van der Waals surface area (Å²) in [4.78, 5) is 26.1. The van der Waals surface area contributed by atoms with E-state index in [1.54, 1.807) is 24.2 Å². The van der Waals surface area contributed by atoms with Crippen LogP contribution in [0, 0.1) is 5.92 Å². The van der Waals surface area contributed by atoms with E-state index in [1.165, 1.54) is 9.70 Å². The summed E-state index contributed by atoms with van der Waals surface area (Å²) >= 11 is 1.54. The third-order valence-electron chi connectivity index (χ3n) is 3.37. The Labute approximate surface area is 107 Å². The van der Waals surface area contributed by atoms with Crippen LogP contribution in [0.1, 0.15) is 6.92 Å². The molecule has 0 bridgehead atoms. The summed E-state index contributed by atoms with van der Waals surface area (Å²) < 4.78 is 0. The van der Waals surface area contributed by atoms with Crippen molar-refractivity contribution in [3.05, 3.63) is 12.4 Å². The Morgan fingerprint density at radius 2 is 2.17 bits per heavy atom. The van der Waals surface area contributed by atoms with Gasteiger partial charge in [-0.3, -0.25) is 4.79 Å². The number of thioether (sulfide) groups is 1. The van der Waals surface area contributed by atoms with Crippen LogP contribution in [0.4, 0.5) is 0 Å². The molecular weight excluding hydrogens is 256 g/mol. The Hall–Kier alpha value is -1.57. The minimum absolute atomic E-state index is 0.0559. The lowest BCUT2D eigenvalue weighted by Gasteiger charge is -2.43. The van der Waals surface area contributed by atoms with Crippen LogP contribution in [0.2, 0.25) is 0 Å². The van der Waals surface area contributed by atoms with Crippen molar-refractivity contribution in [3.8, 4) is 0 Å². The number of hydrogen-bond acceptors (Lipinski definition) is 5. The average Bonchev–Trinajstić information content (AvgIpc) is 2.91. The largest absolute Gasteiger partial charge is 0.480 e. The monoisotopic (exact) mass is 268 g/mol. The van der Waals surface area contributed by atoms with Crippen molar-refractivity contribution in [3.63, 3.8) is 0 Å². The van der Waals surface area contributed by atoms with Crippen LogP contribution in [0.15, 0.2) is 12.4 Å². The van der Waals surface area contributed by atoms with Gasteiger partial charge in [0.25, 0.3) is 0 Å². The van der Waals surface area contributed by atoms with Gasteiger partial charge >= 0.3 is 5.97 Å². The molecule has 0 saturated carbocycles. The van der Waals surface area contributed by atoms with Crippen molar-refractivity contribution in [2.75, 3.05) is 0 Å². The molecular formula is C10H12N4O3S. The van der Waals surface area contributed by atoms with E-state index in [0.717, 1.165) is 0 Å². The van der Waals surface area contributed by atoms with E-state index >= 15 is 0 Å². The predicted molar refractivity (Wildman–Crippen MR) is 62.6 cm³/mol. The van der Waals surface area contributed by atoms with Gasteiger partial charge in [0.1, 0.15) is 6.04 Å². The molecule has 1 N–H and O–H groups in total. The van der Waals surface area contributed by atoms with Gasteiger partial charge in [-0.15, -0.1) is 11.8 Å². The summed E-state index contributed by atoms with van der Waals surface area (Å²) in [6, 6.07) is -0.700. The van der Waals surface area contributed by atoms with Crippen LogP contribution < -0.4 is 0 Å². The maximum absolute atomic E-state index is 12.0. The number of nitrogens with zero attached hydrogens (tertiary/aromatic N) is 4. The molecule has 1 aromatic rings. The Morgan fingerprint density at radius 3 is 2.78 bits per heavy atom. The first-order valence-electron chi connectivity index (χ1n) is 5.64. The van der Waals surface area contributed by atoms with Gasteiger partial charge in [0, 0.05) is 5.25 Å². The molecule has 3 rings (SSSR count). The first-order chi connectivity index (χ1) is 8.59. The molecule has 3 heterocycles. The first-order valence-corrected chi connectivity index (χ1v) is 6.58. The topological polar surface area (TPSA) is 88.3 Å². The molecule has 18 heavy (non-hydrogen) atoms. The van der Waals surface area contributed by atoms with Crippen molar-refractivity contribution in [2.45, 2.75) is 30.1 Å². The SMILES string of the molecule is CC1S[C@H]2C(Cn3nccn3)C(=O)N2C1C(=O)O. The molecule has 8 heteroatoms. The standard InChI is InChI=1S/C10H12N4O3S/c1-5-7(10(16)17)14-8(15)6(9(14)18-5)4-13-11-2-3-12-13/h2-3,5-7,9H,4H2,1H3,(H,16,17)/t5?,6?,7?,9-/m0/s1. The zero-order chi connectivity index (χ0) is 12.9. The molecule has 0 radical (unpaired) electrons. The van der Waals surface area contributed by atoms with E-state index in [1.807, 2.05) is 6.92 Å². The molecule has 4 atom stereocenters. The molecule has 0 aromatic carbocycles. The number of carbonyl (C=O) groups is 2. The molecule has 2 aliphatic rings. The summed E-state index contributed by atoms with van der Waals surface area (Å²) in [7, 11) is 0. The van der Waals surface area contributed by atoms with E-state index in [2.05, 4.69) is 10.2 Å². The Bertz CT molecular complexity index is 491. The minimum Gasteiger partial charge on any atom is -0.480 e. The number of amides is 1. The summed E-state index contributed by atoms with van der Waals surface area (Å²) in [6.45, 7) is 2.26.